The summed E-state index contributed by atoms with van der Waals surface area (Å²) < 4.78 is 27.2. The van der Waals surface area contributed by atoms with Crippen molar-refractivity contribution in [2.24, 2.45) is 0 Å². The molecule has 0 aliphatic carbocycles. The summed E-state index contributed by atoms with van der Waals surface area (Å²) in [6.45, 7) is 5.44. The highest BCUT2D eigenvalue weighted by Gasteiger charge is 2.20. The number of benzene rings is 2. The van der Waals surface area contributed by atoms with Crippen molar-refractivity contribution in [2.45, 2.75) is 31.7 Å². The van der Waals surface area contributed by atoms with Crippen LogP contribution in [0.3, 0.4) is 0 Å². The van der Waals surface area contributed by atoms with Gasteiger partial charge in [-0.05, 0) is 39.0 Å². The zero-order valence-corrected chi connectivity index (χ0v) is 18.5. The molecule has 3 aromatic rings. The zero-order chi connectivity index (χ0) is 21.2. The van der Waals surface area contributed by atoms with Crippen molar-refractivity contribution >= 4 is 44.0 Å². The van der Waals surface area contributed by atoms with E-state index in [0.29, 0.717) is 5.13 Å². The van der Waals surface area contributed by atoms with Gasteiger partial charge < -0.3 is 0 Å². The predicted molar refractivity (Wildman–Crippen MR) is 117 cm³/mol. The number of thiazole rings is 1. The molecule has 6 nitrogen and oxygen atoms in total. The molecule has 29 heavy (non-hydrogen) atoms. The van der Waals surface area contributed by atoms with Gasteiger partial charge in [-0.2, -0.15) is 0 Å². The van der Waals surface area contributed by atoms with Crippen LogP contribution in [-0.2, 0) is 10.0 Å². The molecular weight excluding hydrogens is 430 g/mol. The van der Waals surface area contributed by atoms with Gasteiger partial charge in [0.15, 0.2) is 5.13 Å². The minimum absolute atomic E-state index is 0.0276. The molecule has 0 bridgehead atoms. The van der Waals surface area contributed by atoms with Gasteiger partial charge in [0.05, 0.1) is 21.2 Å². The molecule has 0 aliphatic rings. The first-order valence-corrected chi connectivity index (χ1v) is 11.6. The van der Waals surface area contributed by atoms with Crippen molar-refractivity contribution in [3.8, 4) is 11.3 Å². The van der Waals surface area contributed by atoms with Crippen LogP contribution in [0.4, 0.5) is 5.13 Å². The van der Waals surface area contributed by atoms with E-state index >= 15 is 0 Å². The Kier molecular flexibility index (Phi) is 6.38. The average Bonchev–Trinajstić information content (AvgIpc) is 3.09. The molecule has 1 aromatic heterocycles. The minimum atomic E-state index is -3.74. The molecule has 1 amide bonds. The maximum Gasteiger partial charge on any atom is 0.259 e. The molecule has 2 N–H and O–H groups in total. The number of sulfonamides is 1. The summed E-state index contributed by atoms with van der Waals surface area (Å²) >= 11 is 7.41. The molecule has 9 heteroatoms. The Balaban J connectivity index is 1.82. The van der Waals surface area contributed by atoms with Gasteiger partial charge in [-0.25, -0.2) is 18.1 Å². The lowest BCUT2D eigenvalue weighted by molar-refractivity contribution is 0.102. The average molecular weight is 450 g/mol. The van der Waals surface area contributed by atoms with Crippen LogP contribution >= 0.6 is 22.9 Å². The second kappa shape index (κ2) is 8.62. The standard InChI is InChI=1S/C20H20ClN3O3S2/c1-12(2)24-29(26,27)15-8-9-17(21)16(10-15)19(25)23-20-22-18(11-28-20)14-6-4-13(3)5-7-14/h4-12,24H,1-3H3,(H,22,23,25). The first-order chi connectivity index (χ1) is 13.7. The number of nitrogens with zero attached hydrogens (tertiary/aromatic N) is 1. The fraction of sp³-hybridized carbons (Fsp3) is 0.200. The molecule has 152 valence electrons. The van der Waals surface area contributed by atoms with Crippen LogP contribution in [0.1, 0.15) is 29.8 Å². The van der Waals surface area contributed by atoms with Crippen LogP contribution < -0.4 is 10.0 Å². The fourth-order valence-corrected chi connectivity index (χ4v) is 4.77. The van der Waals surface area contributed by atoms with Crippen molar-refractivity contribution < 1.29 is 13.2 Å². The van der Waals surface area contributed by atoms with E-state index in [1.165, 1.54) is 29.5 Å². The molecule has 0 saturated heterocycles. The summed E-state index contributed by atoms with van der Waals surface area (Å²) in [5.41, 5.74) is 2.89. The molecule has 2 aromatic carbocycles. The molecule has 3 rings (SSSR count). The van der Waals surface area contributed by atoms with Crippen LogP contribution in [0, 0.1) is 6.92 Å². The molecule has 1 heterocycles. The van der Waals surface area contributed by atoms with E-state index in [1.54, 1.807) is 13.8 Å². The van der Waals surface area contributed by atoms with Gasteiger partial charge in [-0.3, -0.25) is 10.1 Å². The van der Waals surface area contributed by atoms with Crippen LogP contribution in [0.25, 0.3) is 11.3 Å². The Labute approximate surface area is 179 Å². The van der Waals surface area contributed by atoms with Crippen LogP contribution in [0.5, 0.6) is 0 Å². The van der Waals surface area contributed by atoms with Gasteiger partial charge >= 0.3 is 0 Å². The number of anilines is 1. The number of halogens is 1. The van der Waals surface area contributed by atoms with Gasteiger partial charge in [0.1, 0.15) is 0 Å². The third-order valence-electron chi connectivity index (χ3n) is 3.96. The van der Waals surface area contributed by atoms with Crippen LogP contribution in [-0.4, -0.2) is 25.4 Å². The number of hydrogen-bond acceptors (Lipinski definition) is 5. The number of aryl methyl sites for hydroxylation is 1. The third-order valence-corrected chi connectivity index (χ3v) is 6.70. The monoisotopic (exact) mass is 449 g/mol. The molecule has 0 aliphatic heterocycles. The summed E-state index contributed by atoms with van der Waals surface area (Å²) in [5, 5.41) is 5.08. The second-order valence-corrected chi connectivity index (χ2v) is 9.75. The highest BCUT2D eigenvalue weighted by molar-refractivity contribution is 7.89. The molecular formula is C20H20ClN3O3S2. The molecule has 0 saturated carbocycles. The summed E-state index contributed by atoms with van der Waals surface area (Å²) in [5.74, 6) is -0.526. The Morgan fingerprint density at radius 1 is 1.14 bits per heavy atom. The van der Waals surface area contributed by atoms with Crippen molar-refractivity contribution in [2.75, 3.05) is 5.32 Å². The first-order valence-electron chi connectivity index (χ1n) is 8.81. The predicted octanol–water partition coefficient (Wildman–Crippen LogP) is 4.71. The lowest BCUT2D eigenvalue weighted by Crippen LogP contribution is -2.30. The van der Waals surface area contributed by atoms with Crippen molar-refractivity contribution in [1.29, 1.82) is 0 Å². The van der Waals surface area contributed by atoms with Gasteiger partial charge in [-0.15, -0.1) is 11.3 Å². The quantitative estimate of drug-likeness (QED) is 0.570. The Hall–Kier alpha value is -2.26. The largest absolute Gasteiger partial charge is 0.298 e. The van der Waals surface area contributed by atoms with Gasteiger partial charge in [0, 0.05) is 17.0 Å². The summed E-state index contributed by atoms with van der Waals surface area (Å²) in [6, 6.07) is 11.6. The number of carbonyl (C=O) groups excluding carboxylic acids is 1. The number of nitrogens with one attached hydrogen (secondary N) is 2. The fourth-order valence-electron chi connectivity index (χ4n) is 2.58. The van der Waals surface area contributed by atoms with Gasteiger partial charge in [-0.1, -0.05) is 41.4 Å². The van der Waals surface area contributed by atoms with Crippen LogP contribution in [0.2, 0.25) is 5.02 Å². The second-order valence-electron chi connectivity index (χ2n) is 6.78. The molecule has 0 unspecified atom stereocenters. The van der Waals surface area contributed by atoms with Crippen LogP contribution in [0.15, 0.2) is 52.7 Å². The van der Waals surface area contributed by atoms with Crippen molar-refractivity contribution in [1.82, 2.24) is 9.71 Å². The summed E-state index contributed by atoms with van der Waals surface area (Å²) in [7, 11) is -3.74. The van der Waals surface area contributed by atoms with Gasteiger partial charge in [0.2, 0.25) is 10.0 Å². The van der Waals surface area contributed by atoms with E-state index in [2.05, 4.69) is 15.0 Å². The van der Waals surface area contributed by atoms with E-state index in [-0.39, 0.29) is 21.5 Å². The SMILES string of the molecule is Cc1ccc(-c2csc(NC(=O)c3cc(S(=O)(=O)NC(C)C)ccc3Cl)n2)cc1. The molecule has 0 spiro atoms. The van der Waals surface area contributed by atoms with Gasteiger partial charge in [0.25, 0.3) is 5.91 Å². The Bertz CT molecular complexity index is 1140. The molecule has 0 fully saturated rings. The Morgan fingerprint density at radius 2 is 1.83 bits per heavy atom. The molecule has 0 radical (unpaired) electrons. The highest BCUT2D eigenvalue weighted by Crippen LogP contribution is 2.27. The topological polar surface area (TPSA) is 88.2 Å². The highest BCUT2D eigenvalue weighted by atomic mass is 35.5. The lowest BCUT2D eigenvalue weighted by atomic mass is 10.1. The zero-order valence-electron chi connectivity index (χ0n) is 16.1. The molecule has 0 atom stereocenters. The summed E-state index contributed by atoms with van der Waals surface area (Å²) in [4.78, 5) is 17.1. The van der Waals surface area contributed by atoms with E-state index in [0.717, 1.165) is 16.8 Å². The smallest absolute Gasteiger partial charge is 0.259 e. The minimum Gasteiger partial charge on any atom is -0.298 e. The number of carbonyl (C=O) groups is 1. The maximum absolute atomic E-state index is 12.7. The normalized spacial score (nSPS) is 11.6. The Morgan fingerprint density at radius 3 is 2.48 bits per heavy atom. The van der Waals surface area contributed by atoms with Crippen molar-refractivity contribution in [3.63, 3.8) is 0 Å². The van der Waals surface area contributed by atoms with E-state index in [1.807, 2.05) is 36.6 Å². The summed E-state index contributed by atoms with van der Waals surface area (Å²) in [6.07, 6.45) is 0. The number of rotatable bonds is 6. The van der Waals surface area contributed by atoms with Crippen molar-refractivity contribution in [3.05, 3.63) is 64.0 Å². The van der Waals surface area contributed by atoms with E-state index in [4.69, 9.17) is 11.6 Å². The number of amides is 1. The number of hydrogen-bond donors (Lipinski definition) is 2. The maximum atomic E-state index is 12.7. The van der Waals surface area contributed by atoms with E-state index in [9.17, 15) is 13.2 Å². The first kappa shape index (κ1) is 21.4. The van der Waals surface area contributed by atoms with E-state index < -0.39 is 15.9 Å². The number of aromatic nitrogens is 1. The third kappa shape index (κ3) is 5.22. The lowest BCUT2D eigenvalue weighted by Gasteiger charge is -2.11.